The number of carbonyl (C=O) groups excluding carboxylic acids is 2. The summed E-state index contributed by atoms with van der Waals surface area (Å²) >= 11 is 0. The number of anilines is 2. The molecule has 0 aromatic carbocycles. The molecule has 6 rings (SSSR count). The predicted molar refractivity (Wildman–Crippen MR) is 168 cm³/mol. The molecule has 12 heteroatoms. The Bertz CT molecular complexity index is 1480. The maximum absolute atomic E-state index is 12.3. The number of pyridine rings is 2. The summed E-state index contributed by atoms with van der Waals surface area (Å²) in [7, 11) is 3.93. The number of aromatic nitrogens is 4. The van der Waals surface area contributed by atoms with Crippen LogP contribution in [-0.2, 0) is 9.47 Å². The zero-order valence-corrected chi connectivity index (χ0v) is 25.7. The fourth-order valence-corrected chi connectivity index (χ4v) is 6.40. The molecule has 0 aliphatic heterocycles. The van der Waals surface area contributed by atoms with Crippen LogP contribution in [0.2, 0.25) is 0 Å². The lowest BCUT2D eigenvalue weighted by Crippen LogP contribution is -2.31. The number of aliphatic hydroxyl groups is 2. The molecule has 0 spiro atoms. The minimum absolute atomic E-state index is 0.212. The highest BCUT2D eigenvalue weighted by Gasteiger charge is 2.31. The van der Waals surface area contributed by atoms with Gasteiger partial charge in [0, 0.05) is 61.7 Å². The summed E-state index contributed by atoms with van der Waals surface area (Å²) in [4.78, 5) is 43.4. The van der Waals surface area contributed by atoms with Crippen molar-refractivity contribution < 1.29 is 29.3 Å². The van der Waals surface area contributed by atoms with Crippen molar-refractivity contribution in [3.05, 3.63) is 48.0 Å². The summed E-state index contributed by atoms with van der Waals surface area (Å²) < 4.78 is 10.3. The number of H-pyrrole nitrogens is 2. The van der Waals surface area contributed by atoms with Gasteiger partial charge in [0.25, 0.3) is 0 Å². The third-order valence-electron chi connectivity index (χ3n) is 8.66. The quantitative estimate of drug-likeness (QED) is 0.215. The minimum Gasteiger partial charge on any atom is -0.462 e. The van der Waals surface area contributed by atoms with Crippen LogP contribution in [0.4, 0.5) is 11.4 Å². The van der Waals surface area contributed by atoms with E-state index < -0.39 is 0 Å². The lowest BCUT2D eigenvalue weighted by molar-refractivity contribution is 0.0517. The van der Waals surface area contributed by atoms with Gasteiger partial charge in [-0.3, -0.25) is 0 Å². The van der Waals surface area contributed by atoms with E-state index in [1.54, 1.807) is 26.2 Å². The van der Waals surface area contributed by atoms with E-state index in [4.69, 9.17) is 9.47 Å². The van der Waals surface area contributed by atoms with Crippen LogP contribution in [0.15, 0.2) is 36.9 Å². The number of esters is 2. The second kappa shape index (κ2) is 13.6. The monoisotopic (exact) mass is 606 g/mol. The van der Waals surface area contributed by atoms with Gasteiger partial charge >= 0.3 is 11.9 Å². The molecule has 2 aliphatic rings. The van der Waals surface area contributed by atoms with E-state index >= 15 is 0 Å². The van der Waals surface area contributed by atoms with Crippen molar-refractivity contribution in [2.75, 3.05) is 37.1 Å². The Hall–Kier alpha value is -4.16. The van der Waals surface area contributed by atoms with E-state index in [-0.39, 0.29) is 36.2 Å². The highest BCUT2D eigenvalue weighted by atomic mass is 16.5. The molecular weight excluding hydrogens is 564 g/mol. The van der Waals surface area contributed by atoms with Crippen molar-refractivity contribution in [1.29, 1.82) is 0 Å². The van der Waals surface area contributed by atoms with Crippen LogP contribution in [0.25, 0.3) is 22.1 Å². The molecule has 4 atom stereocenters. The number of aliphatic hydroxyl groups excluding tert-OH is 2. The van der Waals surface area contributed by atoms with Crippen LogP contribution in [0.5, 0.6) is 0 Å². The highest BCUT2D eigenvalue weighted by molar-refractivity contribution is 6.05. The largest absolute Gasteiger partial charge is 0.462 e. The summed E-state index contributed by atoms with van der Waals surface area (Å²) in [5.74, 6) is -0.725. The van der Waals surface area contributed by atoms with Gasteiger partial charge in [0.2, 0.25) is 0 Å². The smallest absolute Gasteiger partial charge is 0.341 e. The maximum Gasteiger partial charge on any atom is 0.341 e. The second-order valence-corrected chi connectivity index (χ2v) is 11.4. The first-order chi connectivity index (χ1) is 21.2. The van der Waals surface area contributed by atoms with Crippen molar-refractivity contribution in [1.82, 2.24) is 19.9 Å². The summed E-state index contributed by atoms with van der Waals surface area (Å²) in [6, 6.07) is 4.26. The third kappa shape index (κ3) is 6.36. The topological polar surface area (TPSA) is 157 Å². The van der Waals surface area contributed by atoms with Gasteiger partial charge in [-0.1, -0.05) is 0 Å². The Morgan fingerprint density at radius 1 is 0.773 bits per heavy atom. The number of fused-ring (bicyclic) bond motifs is 2. The molecular formula is C32H42N6O6. The Labute approximate surface area is 256 Å². The molecule has 236 valence electrons. The van der Waals surface area contributed by atoms with Gasteiger partial charge in [-0.15, -0.1) is 0 Å². The van der Waals surface area contributed by atoms with Crippen molar-refractivity contribution in [2.24, 2.45) is 0 Å². The van der Waals surface area contributed by atoms with Gasteiger partial charge in [0.1, 0.15) is 22.4 Å². The summed E-state index contributed by atoms with van der Waals surface area (Å²) in [5.41, 5.74) is 4.07. The molecule has 0 saturated heterocycles. The molecule has 2 fully saturated rings. The Morgan fingerprint density at radius 2 is 1.18 bits per heavy atom. The fourth-order valence-electron chi connectivity index (χ4n) is 6.40. The third-order valence-corrected chi connectivity index (χ3v) is 8.66. The van der Waals surface area contributed by atoms with Crippen molar-refractivity contribution >= 4 is 45.4 Å². The number of ether oxygens (including phenoxy) is 2. The van der Waals surface area contributed by atoms with Crippen LogP contribution in [0.1, 0.15) is 73.1 Å². The maximum atomic E-state index is 12.3. The van der Waals surface area contributed by atoms with Gasteiger partial charge in [-0.2, -0.15) is 0 Å². The van der Waals surface area contributed by atoms with Crippen LogP contribution in [-0.4, -0.2) is 93.7 Å². The van der Waals surface area contributed by atoms with Crippen LogP contribution < -0.4 is 9.80 Å². The molecule has 0 bridgehead atoms. The average molecular weight is 607 g/mol. The van der Waals surface area contributed by atoms with E-state index in [1.807, 2.05) is 38.6 Å². The SMILES string of the molecule is CCOC(=O)c1cnc2[nH]ccc2c1N(C)[C@@H]1CC[C@@H](O)C1.CCOC(=O)c1cnc2[nH]ccc2c1N(C)[C@H]1CC[C@H](O)C1. The molecule has 4 aromatic heterocycles. The molecule has 4 aromatic rings. The summed E-state index contributed by atoms with van der Waals surface area (Å²) in [6.07, 6.45) is 11.1. The number of carbonyl (C=O) groups is 2. The van der Waals surface area contributed by atoms with E-state index in [0.29, 0.717) is 37.2 Å². The van der Waals surface area contributed by atoms with E-state index in [2.05, 4.69) is 29.7 Å². The molecule has 4 N–H and O–H groups in total. The Kier molecular flexibility index (Phi) is 9.70. The summed E-state index contributed by atoms with van der Waals surface area (Å²) in [5, 5.41) is 21.4. The average Bonchev–Trinajstić information content (AvgIpc) is 3.83. The van der Waals surface area contributed by atoms with Crippen molar-refractivity contribution in [3.63, 3.8) is 0 Å². The van der Waals surface area contributed by atoms with Crippen LogP contribution in [0.3, 0.4) is 0 Å². The second-order valence-electron chi connectivity index (χ2n) is 11.4. The van der Waals surface area contributed by atoms with Gasteiger partial charge in [-0.25, -0.2) is 19.6 Å². The fraction of sp³-hybridized carbons (Fsp3) is 0.500. The first kappa shape index (κ1) is 31.3. The molecule has 2 aliphatic carbocycles. The highest BCUT2D eigenvalue weighted by Crippen LogP contribution is 2.36. The molecule has 0 unspecified atom stereocenters. The van der Waals surface area contributed by atoms with Crippen LogP contribution >= 0.6 is 0 Å². The number of nitrogens with one attached hydrogen (secondary N) is 2. The number of rotatable bonds is 8. The predicted octanol–water partition coefficient (Wildman–Crippen LogP) is 4.18. The molecule has 2 saturated carbocycles. The number of aromatic amines is 2. The summed E-state index contributed by atoms with van der Waals surface area (Å²) in [6.45, 7) is 4.23. The van der Waals surface area contributed by atoms with E-state index in [1.165, 1.54) is 0 Å². The number of hydrogen-bond donors (Lipinski definition) is 4. The normalized spacial score (nSPS) is 21.2. The van der Waals surface area contributed by atoms with Gasteiger partial charge in [0.05, 0.1) is 36.8 Å². The Morgan fingerprint density at radius 3 is 1.52 bits per heavy atom. The molecule has 12 nitrogen and oxygen atoms in total. The molecule has 4 heterocycles. The van der Waals surface area contributed by atoms with Gasteiger partial charge < -0.3 is 39.5 Å². The van der Waals surface area contributed by atoms with Gasteiger partial charge in [-0.05, 0) is 64.5 Å². The number of nitrogens with zero attached hydrogens (tertiary/aromatic N) is 4. The van der Waals surface area contributed by atoms with Crippen LogP contribution in [0, 0.1) is 0 Å². The Balaban J connectivity index is 0.000000175. The number of hydrogen-bond acceptors (Lipinski definition) is 10. The zero-order valence-electron chi connectivity index (χ0n) is 25.7. The lowest BCUT2D eigenvalue weighted by atomic mass is 10.1. The molecule has 0 radical (unpaired) electrons. The minimum atomic E-state index is -0.363. The van der Waals surface area contributed by atoms with Crippen molar-refractivity contribution in [2.45, 2.75) is 76.7 Å². The molecule has 44 heavy (non-hydrogen) atoms. The van der Waals surface area contributed by atoms with Crippen molar-refractivity contribution in [3.8, 4) is 0 Å². The first-order valence-corrected chi connectivity index (χ1v) is 15.3. The van der Waals surface area contributed by atoms with E-state index in [9.17, 15) is 19.8 Å². The standard InChI is InChI=1S/2C16H21N3O3/c2*1-3-22-16(21)13-9-18-15-12(6-7-17-15)14(13)19(2)10-4-5-11(20)8-10/h2*6-7,9-11,20H,3-5,8H2,1-2H3,(H,17,18)/t2*10-,11-/m10/s1. The van der Waals surface area contributed by atoms with E-state index in [0.717, 1.165) is 59.1 Å². The zero-order chi connectivity index (χ0) is 31.4. The molecule has 0 amide bonds. The first-order valence-electron chi connectivity index (χ1n) is 15.3. The van der Waals surface area contributed by atoms with Gasteiger partial charge in [0.15, 0.2) is 0 Å². The lowest BCUT2D eigenvalue weighted by Gasteiger charge is -2.28.